The molecule has 4 saturated carbocycles. The molecule has 1 amide bonds. The molecule has 1 N–H and O–H groups in total. The Kier molecular flexibility index (Phi) is 4.07. The highest BCUT2D eigenvalue weighted by Crippen LogP contribution is 2.64. The van der Waals surface area contributed by atoms with Crippen molar-refractivity contribution in [3.05, 3.63) is 23.9 Å². The number of anilines is 1. The molecule has 4 nitrogen and oxygen atoms in total. The Morgan fingerprint density at radius 1 is 1.23 bits per heavy atom. The summed E-state index contributed by atoms with van der Waals surface area (Å²) in [6.07, 6.45) is 11.5. The summed E-state index contributed by atoms with van der Waals surface area (Å²) in [5.74, 6) is 2.83. The van der Waals surface area contributed by atoms with E-state index in [9.17, 15) is 4.79 Å². The Hall–Kier alpha value is -1.10. The average Bonchev–Trinajstić information content (AvgIpc) is 3.12. The first-order valence-corrected chi connectivity index (χ1v) is 11.0. The van der Waals surface area contributed by atoms with E-state index in [0.717, 1.165) is 55.6 Å². The molecule has 1 aliphatic heterocycles. The fourth-order valence-corrected chi connectivity index (χ4v) is 7.93. The molecule has 2 atom stereocenters. The summed E-state index contributed by atoms with van der Waals surface area (Å²) in [6.45, 7) is 2.82. The van der Waals surface area contributed by atoms with E-state index >= 15 is 0 Å². The van der Waals surface area contributed by atoms with Gasteiger partial charge in [-0.1, -0.05) is 15.9 Å². The van der Waals surface area contributed by atoms with Crippen molar-refractivity contribution >= 4 is 27.7 Å². The molecule has 2 heterocycles. The third-order valence-corrected chi connectivity index (χ3v) is 8.09. The van der Waals surface area contributed by atoms with Crippen molar-refractivity contribution in [3.8, 4) is 0 Å². The number of alkyl halides is 1. The van der Waals surface area contributed by atoms with E-state index in [2.05, 4.69) is 37.2 Å². The Bertz CT molecular complexity index is 701. The van der Waals surface area contributed by atoms with Gasteiger partial charge in [0.15, 0.2) is 0 Å². The first-order chi connectivity index (χ1) is 12.5. The lowest BCUT2D eigenvalue weighted by atomic mass is 9.49. The van der Waals surface area contributed by atoms with Gasteiger partial charge < -0.3 is 10.2 Å². The maximum Gasteiger partial charge on any atom is 0.226 e. The molecule has 5 aliphatic rings. The van der Waals surface area contributed by atoms with E-state index < -0.39 is 0 Å². The monoisotopic (exact) mass is 417 g/mol. The zero-order valence-electron chi connectivity index (χ0n) is 15.3. The highest BCUT2D eigenvalue weighted by Gasteiger charge is 2.59. The smallest absolute Gasteiger partial charge is 0.226 e. The van der Waals surface area contributed by atoms with Crippen molar-refractivity contribution in [2.24, 2.45) is 17.3 Å². The van der Waals surface area contributed by atoms with Gasteiger partial charge in [0.05, 0.1) is 5.41 Å². The summed E-state index contributed by atoms with van der Waals surface area (Å²) in [7, 11) is 0. The number of rotatable bonds is 4. The van der Waals surface area contributed by atoms with Crippen LogP contribution >= 0.6 is 15.9 Å². The lowest BCUT2D eigenvalue weighted by Gasteiger charge is -2.59. The second-order valence-corrected chi connectivity index (χ2v) is 11.0. The van der Waals surface area contributed by atoms with Gasteiger partial charge in [0, 0.05) is 30.2 Å². The number of pyridine rings is 1. The molecular formula is C21H28BrN3O. The summed E-state index contributed by atoms with van der Waals surface area (Å²) >= 11 is 4.01. The molecule has 2 unspecified atom stereocenters. The summed E-state index contributed by atoms with van der Waals surface area (Å²) in [6, 6.07) is 4.18. The fraction of sp³-hybridized carbons (Fsp3) is 0.714. The number of aromatic nitrogens is 1. The van der Waals surface area contributed by atoms with E-state index in [1.54, 1.807) is 0 Å². The number of nitrogens with zero attached hydrogens (tertiary/aromatic N) is 2. The van der Waals surface area contributed by atoms with Gasteiger partial charge in [-0.25, -0.2) is 4.98 Å². The van der Waals surface area contributed by atoms with Crippen LogP contribution in [-0.4, -0.2) is 28.3 Å². The second kappa shape index (κ2) is 6.22. The number of nitrogens with one attached hydrogen (secondary N) is 1. The summed E-state index contributed by atoms with van der Waals surface area (Å²) in [5.41, 5.74) is 1.03. The number of halogens is 1. The Balaban J connectivity index is 1.27. The molecule has 0 radical (unpaired) electrons. The highest BCUT2D eigenvalue weighted by atomic mass is 79.9. The first-order valence-electron chi connectivity index (χ1n) is 10.2. The van der Waals surface area contributed by atoms with E-state index in [1.165, 1.54) is 32.1 Å². The van der Waals surface area contributed by atoms with Crippen LogP contribution in [0.25, 0.3) is 0 Å². The third-order valence-electron chi connectivity index (χ3n) is 7.16. The van der Waals surface area contributed by atoms with Crippen molar-refractivity contribution in [3.63, 3.8) is 0 Å². The summed E-state index contributed by atoms with van der Waals surface area (Å²) in [5, 5.41) is 3.28. The van der Waals surface area contributed by atoms with Crippen LogP contribution in [-0.2, 0) is 11.3 Å². The van der Waals surface area contributed by atoms with E-state index in [0.29, 0.717) is 6.54 Å². The van der Waals surface area contributed by atoms with Crippen LogP contribution in [0.3, 0.4) is 0 Å². The summed E-state index contributed by atoms with van der Waals surface area (Å²) < 4.78 is 0.230. The van der Waals surface area contributed by atoms with Crippen molar-refractivity contribution in [2.45, 2.75) is 62.2 Å². The van der Waals surface area contributed by atoms with Crippen molar-refractivity contribution in [1.29, 1.82) is 0 Å². The van der Waals surface area contributed by atoms with Gasteiger partial charge in [-0.05, 0) is 80.9 Å². The molecule has 4 aliphatic carbocycles. The third kappa shape index (κ3) is 2.96. The van der Waals surface area contributed by atoms with Gasteiger partial charge >= 0.3 is 0 Å². The zero-order chi connectivity index (χ0) is 17.8. The Labute approximate surface area is 164 Å². The maximum atomic E-state index is 13.2. The SMILES string of the molecule is O=C(NCc1ccnc(N2CCCC2)c1)C12CC3CC(CC(Br)(C3)C1)C2. The van der Waals surface area contributed by atoms with Gasteiger partial charge in [-0.15, -0.1) is 0 Å². The average molecular weight is 418 g/mol. The molecule has 6 rings (SSSR count). The van der Waals surface area contributed by atoms with Gasteiger partial charge in [0.25, 0.3) is 0 Å². The van der Waals surface area contributed by atoms with Crippen LogP contribution in [0.1, 0.15) is 56.9 Å². The number of carbonyl (C=O) groups is 1. The highest BCUT2D eigenvalue weighted by molar-refractivity contribution is 9.10. The van der Waals surface area contributed by atoms with Gasteiger partial charge in [0.2, 0.25) is 5.91 Å². The van der Waals surface area contributed by atoms with Crippen LogP contribution < -0.4 is 10.2 Å². The number of amides is 1. The van der Waals surface area contributed by atoms with Crippen molar-refractivity contribution < 1.29 is 4.79 Å². The standard InChI is InChI=1S/C21H28BrN3O/c22-21-11-16-7-17(12-21)10-20(9-16,14-21)19(26)24-13-15-3-4-23-18(8-15)25-5-1-2-6-25/h3-4,8,16-17H,1-2,5-7,9-14H2,(H,24,26). The van der Waals surface area contributed by atoms with E-state index in [4.69, 9.17) is 0 Å². The normalized spacial score (nSPS) is 38.0. The summed E-state index contributed by atoms with van der Waals surface area (Å²) in [4.78, 5) is 20.1. The molecular weight excluding hydrogens is 390 g/mol. The largest absolute Gasteiger partial charge is 0.357 e. The van der Waals surface area contributed by atoms with Crippen LogP contribution in [0.15, 0.2) is 18.3 Å². The Morgan fingerprint density at radius 2 is 1.96 bits per heavy atom. The molecule has 1 aromatic heterocycles. The van der Waals surface area contributed by atoms with Gasteiger partial charge in [-0.2, -0.15) is 0 Å². The predicted octanol–water partition coefficient (Wildman–Crippen LogP) is 4.03. The molecule has 26 heavy (non-hydrogen) atoms. The molecule has 5 heteroatoms. The van der Waals surface area contributed by atoms with Gasteiger partial charge in [0.1, 0.15) is 5.82 Å². The lowest BCUT2D eigenvalue weighted by Crippen LogP contribution is -2.58. The fourth-order valence-electron chi connectivity index (χ4n) is 6.48. The Morgan fingerprint density at radius 3 is 2.65 bits per heavy atom. The van der Waals surface area contributed by atoms with Crippen molar-refractivity contribution in [2.75, 3.05) is 18.0 Å². The van der Waals surface area contributed by atoms with E-state index in [-0.39, 0.29) is 15.6 Å². The van der Waals surface area contributed by atoms with Gasteiger partial charge in [-0.3, -0.25) is 4.79 Å². The minimum Gasteiger partial charge on any atom is -0.357 e. The lowest BCUT2D eigenvalue weighted by molar-refractivity contribution is -0.144. The maximum absolute atomic E-state index is 13.2. The quantitative estimate of drug-likeness (QED) is 0.751. The van der Waals surface area contributed by atoms with Crippen LogP contribution in [0, 0.1) is 17.3 Å². The number of hydrogen-bond acceptors (Lipinski definition) is 3. The first kappa shape index (κ1) is 17.0. The molecule has 0 aromatic carbocycles. The molecule has 1 aromatic rings. The van der Waals surface area contributed by atoms with Crippen molar-refractivity contribution in [1.82, 2.24) is 10.3 Å². The number of hydrogen-bond donors (Lipinski definition) is 1. The number of carbonyl (C=O) groups excluding carboxylic acids is 1. The molecule has 0 spiro atoms. The van der Waals surface area contributed by atoms with Crippen LogP contribution in [0.2, 0.25) is 0 Å². The molecule has 5 fully saturated rings. The second-order valence-electron chi connectivity index (χ2n) is 9.29. The molecule has 4 bridgehead atoms. The molecule has 1 saturated heterocycles. The minimum absolute atomic E-state index is 0.127. The minimum atomic E-state index is -0.127. The predicted molar refractivity (Wildman–Crippen MR) is 106 cm³/mol. The van der Waals surface area contributed by atoms with Crippen LogP contribution in [0.4, 0.5) is 5.82 Å². The van der Waals surface area contributed by atoms with E-state index in [1.807, 2.05) is 12.3 Å². The molecule has 140 valence electrons. The topological polar surface area (TPSA) is 45.2 Å². The zero-order valence-corrected chi connectivity index (χ0v) is 16.9. The van der Waals surface area contributed by atoms with Crippen LogP contribution in [0.5, 0.6) is 0 Å².